The number of aromatic amines is 1. The molecule has 0 saturated carbocycles. The number of aliphatic carboxylic acids is 2. The average molecular weight is 1060 g/mol. The van der Waals surface area contributed by atoms with Crippen molar-refractivity contribution >= 4 is 70.1 Å². The number of nitrogens with zero attached hydrogens (tertiary/aromatic N) is 1. The van der Waals surface area contributed by atoms with E-state index in [9.17, 15) is 63.3 Å². The van der Waals surface area contributed by atoms with Gasteiger partial charge in [0.05, 0.1) is 25.4 Å². The van der Waals surface area contributed by atoms with Crippen LogP contribution in [0.15, 0.2) is 115 Å². The number of carbonyl (C=O) groups is 10. The number of hydrogen-bond donors (Lipinski definition) is 12. The summed E-state index contributed by atoms with van der Waals surface area (Å²) in [5.41, 5.74) is 14.4. The van der Waals surface area contributed by atoms with Crippen LogP contribution in [0.2, 0.25) is 0 Å². The van der Waals surface area contributed by atoms with Gasteiger partial charge in [0.15, 0.2) is 0 Å². The Bertz CT molecular complexity index is 2880. The number of phenols is 1. The Morgan fingerprint density at radius 3 is 1.66 bits per heavy atom. The van der Waals surface area contributed by atoms with Crippen LogP contribution in [0.5, 0.6) is 5.75 Å². The van der Waals surface area contributed by atoms with Crippen molar-refractivity contribution in [2.24, 2.45) is 11.5 Å². The molecule has 0 unspecified atom stereocenters. The highest BCUT2D eigenvalue weighted by atomic mass is 16.4. The summed E-state index contributed by atoms with van der Waals surface area (Å²) in [4.78, 5) is 137. The van der Waals surface area contributed by atoms with Gasteiger partial charge in [0, 0.05) is 49.8 Å². The van der Waals surface area contributed by atoms with E-state index in [1.165, 1.54) is 31.3 Å². The standard InChI is InChI=1S/C54H64N10O13/c1-3-12-44(53(76)63-42(28-47(69)70)52(75)60-39(48(56)71)23-31-13-6-4-7-14-31)64(2)54(77)43(26-34-29-57-38-18-11-10-17-36(34)38)59-45(66)30-58-50(73)40(24-32-15-8-5-9-16-32)62-51(74)41(25-33-19-21-35(65)22-20-33)61-49(72)37(55)27-46(67)68/h4-11,13-22,29,37,39-44,57,65H,3,12,23-28,30,55H2,1-2H3,(H2,56,71)(H,58,73)(H,59,66)(H,60,75)(H,61,72)(H,62,74)(H,63,76)(H,67,68)(H,69,70)/t37-,39-,40+,41-,42-,43-,44-/m0/s1. The molecular formula is C54H64N10O13. The van der Waals surface area contributed by atoms with Gasteiger partial charge in [-0.05, 0) is 46.9 Å². The molecule has 77 heavy (non-hydrogen) atoms. The molecule has 5 rings (SSSR count). The molecule has 23 nitrogen and oxygen atoms in total. The number of aromatic hydroxyl groups is 1. The van der Waals surface area contributed by atoms with Gasteiger partial charge in [-0.3, -0.25) is 47.9 Å². The zero-order chi connectivity index (χ0) is 56.2. The lowest BCUT2D eigenvalue weighted by atomic mass is 10.0. The Balaban J connectivity index is 1.36. The lowest BCUT2D eigenvalue weighted by molar-refractivity contribution is -0.144. The SMILES string of the molecule is CCC[C@@H](C(=O)N[C@@H](CC(=O)O)C(=O)N[C@@H](Cc1ccccc1)C(N)=O)N(C)C(=O)[C@H](Cc1c[nH]c2ccccc12)NC(=O)CNC(=O)[C@@H](Cc1ccccc1)NC(=O)[C@H](Cc1ccc(O)cc1)NC(=O)[C@@H](N)CC(=O)O. The summed E-state index contributed by atoms with van der Waals surface area (Å²) < 4.78 is 0. The van der Waals surface area contributed by atoms with Gasteiger partial charge in [0.2, 0.25) is 47.3 Å². The van der Waals surface area contributed by atoms with Gasteiger partial charge >= 0.3 is 11.9 Å². The fourth-order valence-corrected chi connectivity index (χ4v) is 8.39. The number of phenolic OH excluding ortho intramolecular Hbond substituents is 1. The molecule has 0 aliphatic rings. The minimum atomic E-state index is -1.72. The van der Waals surface area contributed by atoms with Gasteiger partial charge in [-0.25, -0.2) is 0 Å². The number of likely N-dealkylation sites (N-methyl/N-ethyl adjacent to an activating group) is 1. The topological polar surface area (TPSA) is 375 Å². The van der Waals surface area contributed by atoms with Crippen molar-refractivity contribution < 1.29 is 63.3 Å². The number of amides is 8. The monoisotopic (exact) mass is 1060 g/mol. The first-order valence-electron chi connectivity index (χ1n) is 24.7. The van der Waals surface area contributed by atoms with Crippen molar-refractivity contribution in [1.29, 1.82) is 0 Å². The number of rotatable bonds is 29. The zero-order valence-corrected chi connectivity index (χ0v) is 42.4. The van der Waals surface area contributed by atoms with E-state index in [0.29, 0.717) is 39.6 Å². The van der Waals surface area contributed by atoms with Gasteiger partial charge in [-0.1, -0.05) is 104 Å². The number of hydrogen-bond acceptors (Lipinski definition) is 12. The number of nitrogens with two attached hydrogens (primary N) is 2. The molecule has 1 heterocycles. The lowest BCUT2D eigenvalue weighted by Gasteiger charge is -2.32. The van der Waals surface area contributed by atoms with Crippen LogP contribution in [-0.4, -0.2) is 140 Å². The van der Waals surface area contributed by atoms with E-state index in [2.05, 4.69) is 36.9 Å². The Morgan fingerprint density at radius 2 is 1.08 bits per heavy atom. The van der Waals surface area contributed by atoms with Crippen LogP contribution in [0.1, 0.15) is 54.9 Å². The van der Waals surface area contributed by atoms with Gasteiger partial charge in [-0.15, -0.1) is 0 Å². The highest BCUT2D eigenvalue weighted by Crippen LogP contribution is 2.21. The number of primary amides is 1. The smallest absolute Gasteiger partial charge is 0.305 e. The Kier molecular flexibility index (Phi) is 21.8. The predicted octanol–water partition coefficient (Wildman–Crippen LogP) is 0.0734. The maximum atomic E-state index is 14.7. The molecule has 408 valence electrons. The molecule has 0 saturated heterocycles. The summed E-state index contributed by atoms with van der Waals surface area (Å²) in [5, 5.41) is 44.7. The van der Waals surface area contributed by atoms with Gasteiger partial charge < -0.3 is 68.6 Å². The van der Waals surface area contributed by atoms with Crippen molar-refractivity contribution in [1.82, 2.24) is 41.8 Å². The summed E-state index contributed by atoms with van der Waals surface area (Å²) in [6.45, 7) is 0.993. The van der Waals surface area contributed by atoms with Crippen LogP contribution in [0.25, 0.3) is 10.9 Å². The second-order valence-electron chi connectivity index (χ2n) is 18.4. The number of fused-ring (bicyclic) bond motifs is 1. The van der Waals surface area contributed by atoms with Gasteiger partial charge in [0.1, 0.15) is 42.0 Å². The van der Waals surface area contributed by atoms with E-state index in [1.807, 2.05) is 0 Å². The molecule has 0 aliphatic heterocycles. The Hall–Kier alpha value is -9.12. The third-order valence-electron chi connectivity index (χ3n) is 12.4. The molecule has 1 aromatic heterocycles. The maximum absolute atomic E-state index is 14.7. The molecule has 0 bridgehead atoms. The molecule has 7 atom stereocenters. The van der Waals surface area contributed by atoms with Crippen LogP contribution in [-0.2, 0) is 73.6 Å². The molecule has 0 fully saturated rings. The first-order chi connectivity index (χ1) is 36.7. The minimum absolute atomic E-state index is 0.0142. The van der Waals surface area contributed by atoms with Crippen molar-refractivity contribution in [2.75, 3.05) is 13.6 Å². The molecule has 0 aliphatic carbocycles. The Labute approximate surface area is 442 Å². The molecule has 0 spiro atoms. The van der Waals surface area contributed by atoms with Gasteiger partial charge in [-0.2, -0.15) is 0 Å². The normalized spacial score (nSPS) is 13.7. The summed E-state index contributed by atoms with van der Waals surface area (Å²) in [5.74, 6) is -10.1. The lowest BCUT2D eigenvalue weighted by Crippen LogP contribution is -2.59. The van der Waals surface area contributed by atoms with Crippen molar-refractivity contribution in [3.8, 4) is 5.75 Å². The second-order valence-corrected chi connectivity index (χ2v) is 18.4. The number of H-pyrrole nitrogens is 1. The van der Waals surface area contributed by atoms with Crippen molar-refractivity contribution in [3.63, 3.8) is 0 Å². The van der Waals surface area contributed by atoms with E-state index < -0.39 is 121 Å². The van der Waals surface area contributed by atoms with Crippen LogP contribution >= 0.6 is 0 Å². The highest BCUT2D eigenvalue weighted by molar-refractivity contribution is 5.98. The van der Waals surface area contributed by atoms with Crippen LogP contribution < -0.4 is 43.4 Å². The van der Waals surface area contributed by atoms with E-state index in [4.69, 9.17) is 11.5 Å². The fourth-order valence-electron chi connectivity index (χ4n) is 8.39. The highest BCUT2D eigenvalue weighted by Gasteiger charge is 2.36. The van der Waals surface area contributed by atoms with Crippen LogP contribution in [0.4, 0.5) is 0 Å². The second kappa shape index (κ2) is 28.5. The largest absolute Gasteiger partial charge is 0.508 e. The molecule has 4 aromatic carbocycles. The molecule has 0 radical (unpaired) electrons. The molecule has 14 N–H and O–H groups in total. The number of aromatic nitrogens is 1. The number of nitrogens with one attached hydrogen (secondary N) is 7. The Morgan fingerprint density at radius 1 is 0.571 bits per heavy atom. The number of carboxylic acid groups (broad SMARTS) is 2. The predicted molar refractivity (Wildman–Crippen MR) is 280 cm³/mol. The first-order valence-corrected chi connectivity index (χ1v) is 24.7. The summed E-state index contributed by atoms with van der Waals surface area (Å²) >= 11 is 0. The van der Waals surface area contributed by atoms with E-state index >= 15 is 0 Å². The fraction of sp³-hybridized carbons (Fsp3) is 0.333. The third-order valence-corrected chi connectivity index (χ3v) is 12.4. The van der Waals surface area contributed by atoms with Crippen molar-refractivity contribution in [2.45, 2.75) is 101 Å². The van der Waals surface area contributed by atoms with Crippen LogP contribution in [0, 0.1) is 0 Å². The molecular weight excluding hydrogens is 997 g/mol. The minimum Gasteiger partial charge on any atom is -0.508 e. The molecule has 23 heteroatoms. The van der Waals surface area contributed by atoms with E-state index in [-0.39, 0.29) is 37.9 Å². The summed E-state index contributed by atoms with van der Waals surface area (Å²) in [6, 6.07) is 19.9. The molecule has 8 amide bonds. The van der Waals surface area contributed by atoms with Gasteiger partial charge in [0.25, 0.3) is 0 Å². The quantitative estimate of drug-likeness (QED) is 0.0302. The first kappa shape index (κ1) is 58.8. The maximum Gasteiger partial charge on any atom is 0.305 e. The van der Waals surface area contributed by atoms with Crippen molar-refractivity contribution in [3.05, 3.63) is 138 Å². The number of para-hydroxylation sites is 1. The summed E-state index contributed by atoms with van der Waals surface area (Å²) in [7, 11) is 1.31. The van der Waals surface area contributed by atoms with E-state index in [0.717, 1.165) is 4.90 Å². The summed E-state index contributed by atoms with van der Waals surface area (Å²) in [6.07, 6.45) is -0.104. The number of carbonyl (C=O) groups excluding carboxylic acids is 8. The van der Waals surface area contributed by atoms with E-state index in [1.54, 1.807) is 98.0 Å². The average Bonchev–Trinajstić information content (AvgIpc) is 3.81. The third kappa shape index (κ3) is 18.1. The zero-order valence-electron chi connectivity index (χ0n) is 42.4. The molecule has 5 aromatic rings. The van der Waals surface area contributed by atoms with Crippen LogP contribution in [0.3, 0.4) is 0 Å². The number of carboxylic acids is 2. The number of benzene rings is 4.